The maximum atomic E-state index is 13.6. The molecule has 8 nitrogen and oxygen atoms in total. The zero-order valence-corrected chi connectivity index (χ0v) is 21.4. The maximum Gasteiger partial charge on any atom is 0.285 e. The third-order valence-electron chi connectivity index (χ3n) is 6.05. The Bertz CT molecular complexity index is 1540. The van der Waals surface area contributed by atoms with Gasteiger partial charge in [0.05, 0.1) is 16.1 Å². The van der Waals surface area contributed by atoms with Crippen molar-refractivity contribution in [2.45, 2.75) is 31.6 Å². The Morgan fingerprint density at radius 3 is 2.28 bits per heavy atom. The number of para-hydroxylation sites is 1. The van der Waals surface area contributed by atoms with E-state index < -0.39 is 22.5 Å². The number of hydrogen-bond acceptors (Lipinski definition) is 5. The molecule has 0 saturated carbocycles. The molecule has 0 aliphatic carbocycles. The molecular formula is C27H28N4O4S. The van der Waals surface area contributed by atoms with Gasteiger partial charge in [-0.25, -0.2) is 8.42 Å². The number of carbonyl (C=O) groups is 1. The van der Waals surface area contributed by atoms with Crippen molar-refractivity contribution in [1.82, 2.24) is 4.57 Å². The molecule has 9 heteroatoms. The molecule has 0 unspecified atom stereocenters. The van der Waals surface area contributed by atoms with E-state index in [9.17, 15) is 18.3 Å². The highest BCUT2D eigenvalue weighted by Gasteiger charge is 2.27. The second-order valence-corrected chi connectivity index (χ2v) is 10.8. The lowest BCUT2D eigenvalue weighted by Crippen LogP contribution is -2.35. The van der Waals surface area contributed by atoms with Crippen LogP contribution >= 0.6 is 0 Å². The lowest BCUT2D eigenvalue weighted by Gasteiger charge is -2.23. The molecule has 0 spiro atoms. The van der Waals surface area contributed by atoms with Gasteiger partial charge in [0.15, 0.2) is 5.69 Å². The molecule has 36 heavy (non-hydrogen) atoms. The van der Waals surface area contributed by atoms with Crippen LogP contribution in [0.2, 0.25) is 0 Å². The van der Waals surface area contributed by atoms with Crippen molar-refractivity contribution in [3.8, 4) is 5.88 Å². The van der Waals surface area contributed by atoms with Gasteiger partial charge in [-0.1, -0.05) is 61.9 Å². The van der Waals surface area contributed by atoms with E-state index in [1.54, 1.807) is 48.0 Å². The molecule has 4 rings (SSSR count). The van der Waals surface area contributed by atoms with E-state index >= 15 is 0 Å². The molecule has 1 heterocycles. The number of aryl methyl sites for hydroxylation is 2. The van der Waals surface area contributed by atoms with Crippen LogP contribution in [-0.2, 0) is 21.9 Å². The minimum absolute atomic E-state index is 0.0671. The van der Waals surface area contributed by atoms with E-state index in [2.05, 4.69) is 10.2 Å². The molecule has 0 atom stereocenters. The summed E-state index contributed by atoms with van der Waals surface area (Å²) in [6.45, 7) is 5.41. The molecule has 3 aromatic carbocycles. The normalized spacial score (nSPS) is 12.0. The number of sulfonamides is 1. The first-order chi connectivity index (χ1) is 17.1. The van der Waals surface area contributed by atoms with E-state index in [1.807, 2.05) is 45.0 Å². The summed E-state index contributed by atoms with van der Waals surface area (Å²) in [5.74, 6) is -0.642. The van der Waals surface area contributed by atoms with Crippen LogP contribution in [0.25, 0.3) is 10.9 Å². The quantitative estimate of drug-likeness (QED) is 0.320. The van der Waals surface area contributed by atoms with Gasteiger partial charge in [0.2, 0.25) is 5.88 Å². The Morgan fingerprint density at radius 2 is 1.64 bits per heavy atom. The largest absolute Gasteiger partial charge is 0.493 e. The third-order valence-corrected chi connectivity index (χ3v) is 7.84. The number of amides is 1. The number of hydrogen-bond donors (Lipinski definition) is 1. The van der Waals surface area contributed by atoms with Gasteiger partial charge in [-0.2, -0.15) is 0 Å². The lowest BCUT2D eigenvalue weighted by atomic mass is 10.0. The Kier molecular flexibility index (Phi) is 6.94. The second-order valence-electron chi connectivity index (χ2n) is 8.91. The summed E-state index contributed by atoms with van der Waals surface area (Å²) in [6.07, 6.45) is 0. The SMILES string of the molecule is Cc1ccc(S(=O)(=O)N(CC(=O)N=Nc2c(O)n(C)c3ccccc23)c2ccc(C(C)C)cc2)cc1. The van der Waals surface area contributed by atoms with Crippen molar-refractivity contribution in [2.75, 3.05) is 10.8 Å². The van der Waals surface area contributed by atoms with Crippen LogP contribution < -0.4 is 4.31 Å². The Morgan fingerprint density at radius 1 is 1.00 bits per heavy atom. The number of azo groups is 1. The predicted molar refractivity (Wildman–Crippen MR) is 140 cm³/mol. The minimum Gasteiger partial charge on any atom is -0.493 e. The number of aromatic hydroxyl groups is 1. The Labute approximate surface area is 210 Å². The zero-order chi connectivity index (χ0) is 26.0. The Balaban J connectivity index is 1.69. The van der Waals surface area contributed by atoms with Gasteiger partial charge in [0, 0.05) is 12.4 Å². The molecule has 1 aromatic heterocycles. The molecular weight excluding hydrogens is 476 g/mol. The monoisotopic (exact) mass is 504 g/mol. The lowest BCUT2D eigenvalue weighted by molar-refractivity contribution is -0.116. The fourth-order valence-corrected chi connectivity index (χ4v) is 5.31. The Hall–Kier alpha value is -3.98. The van der Waals surface area contributed by atoms with Gasteiger partial charge >= 0.3 is 0 Å². The fraction of sp³-hybridized carbons (Fsp3) is 0.222. The van der Waals surface area contributed by atoms with Crippen LogP contribution in [0.15, 0.2) is 87.9 Å². The number of rotatable bonds is 7. The summed E-state index contributed by atoms with van der Waals surface area (Å²) >= 11 is 0. The number of carbonyl (C=O) groups excluding carboxylic acids is 1. The molecule has 0 radical (unpaired) electrons. The highest BCUT2D eigenvalue weighted by molar-refractivity contribution is 7.92. The predicted octanol–water partition coefficient (Wildman–Crippen LogP) is 5.82. The summed E-state index contributed by atoms with van der Waals surface area (Å²) in [7, 11) is -2.39. The number of anilines is 1. The van der Waals surface area contributed by atoms with Crippen molar-refractivity contribution < 1.29 is 18.3 Å². The van der Waals surface area contributed by atoms with Crippen LogP contribution in [0, 0.1) is 6.92 Å². The number of nitrogens with zero attached hydrogens (tertiary/aromatic N) is 4. The van der Waals surface area contributed by atoms with Crippen LogP contribution in [-0.4, -0.2) is 30.5 Å². The van der Waals surface area contributed by atoms with E-state index in [1.165, 1.54) is 12.1 Å². The van der Waals surface area contributed by atoms with E-state index in [0.29, 0.717) is 11.1 Å². The van der Waals surface area contributed by atoms with Gasteiger partial charge in [0.1, 0.15) is 6.54 Å². The van der Waals surface area contributed by atoms with Gasteiger partial charge in [-0.05, 0) is 48.7 Å². The number of fused-ring (bicyclic) bond motifs is 1. The number of benzene rings is 3. The number of aromatic nitrogens is 1. The molecule has 1 N–H and O–H groups in total. The van der Waals surface area contributed by atoms with Crippen LogP contribution in [0.4, 0.5) is 11.4 Å². The van der Waals surface area contributed by atoms with Crippen LogP contribution in [0.5, 0.6) is 5.88 Å². The van der Waals surface area contributed by atoms with E-state index in [-0.39, 0.29) is 22.4 Å². The average Bonchev–Trinajstić information content (AvgIpc) is 3.11. The summed E-state index contributed by atoms with van der Waals surface area (Å²) in [5.41, 5.74) is 3.18. The molecule has 0 aliphatic rings. The van der Waals surface area contributed by atoms with Crippen LogP contribution in [0.3, 0.4) is 0 Å². The summed E-state index contributed by atoms with van der Waals surface area (Å²) in [4.78, 5) is 13.0. The molecule has 0 aliphatic heterocycles. The van der Waals surface area contributed by atoms with Crippen LogP contribution in [0.1, 0.15) is 30.9 Å². The van der Waals surface area contributed by atoms with Gasteiger partial charge < -0.3 is 9.67 Å². The van der Waals surface area contributed by atoms with Crippen molar-refractivity contribution in [2.24, 2.45) is 17.3 Å². The van der Waals surface area contributed by atoms with E-state index in [0.717, 1.165) is 20.9 Å². The smallest absolute Gasteiger partial charge is 0.285 e. The summed E-state index contributed by atoms with van der Waals surface area (Å²) in [5, 5.41) is 18.8. The molecule has 1 amide bonds. The summed E-state index contributed by atoms with van der Waals surface area (Å²) < 4.78 is 29.7. The first-order valence-corrected chi connectivity index (χ1v) is 12.9. The average molecular weight is 505 g/mol. The maximum absolute atomic E-state index is 13.6. The standard InChI is InChI=1S/C27H28N4O4S/c1-18(2)20-11-13-21(14-12-20)31(36(34,35)22-15-9-19(3)10-16-22)17-25(32)28-29-26-23-7-5-6-8-24(23)30(4)27(26)33/h5-16,18,33H,17H2,1-4H3. The van der Waals surface area contributed by atoms with Crippen molar-refractivity contribution in [3.63, 3.8) is 0 Å². The third kappa shape index (κ3) is 4.87. The zero-order valence-electron chi connectivity index (χ0n) is 20.6. The van der Waals surface area contributed by atoms with Crippen molar-refractivity contribution in [1.29, 1.82) is 0 Å². The van der Waals surface area contributed by atoms with E-state index in [4.69, 9.17) is 0 Å². The first-order valence-electron chi connectivity index (χ1n) is 11.5. The van der Waals surface area contributed by atoms with Crippen molar-refractivity contribution in [3.05, 3.63) is 83.9 Å². The summed E-state index contributed by atoms with van der Waals surface area (Å²) in [6, 6.07) is 20.7. The molecule has 4 aromatic rings. The second kappa shape index (κ2) is 9.94. The van der Waals surface area contributed by atoms with Gasteiger partial charge in [0.25, 0.3) is 15.9 Å². The minimum atomic E-state index is -4.06. The first kappa shape index (κ1) is 25.1. The topological polar surface area (TPSA) is 104 Å². The molecule has 0 fully saturated rings. The van der Waals surface area contributed by atoms with Gasteiger partial charge in [-0.15, -0.1) is 10.2 Å². The molecule has 186 valence electrons. The fourth-order valence-electron chi connectivity index (χ4n) is 3.90. The van der Waals surface area contributed by atoms with Crippen molar-refractivity contribution >= 4 is 38.2 Å². The highest BCUT2D eigenvalue weighted by atomic mass is 32.2. The van der Waals surface area contributed by atoms with Gasteiger partial charge in [-0.3, -0.25) is 9.10 Å². The molecule has 0 bridgehead atoms. The molecule has 0 saturated heterocycles. The highest BCUT2D eigenvalue weighted by Crippen LogP contribution is 2.37.